The number of aryl methyl sites for hydroxylation is 1. The Bertz CT molecular complexity index is 604. The number of carbonyl (C=O) groups excluding carboxylic acids is 1. The minimum atomic E-state index is -0.996. The van der Waals surface area contributed by atoms with E-state index < -0.39 is 5.97 Å². The van der Waals surface area contributed by atoms with Gasteiger partial charge in [0, 0.05) is 25.2 Å². The first-order chi connectivity index (χ1) is 9.06. The van der Waals surface area contributed by atoms with Gasteiger partial charge in [0.15, 0.2) is 0 Å². The minimum Gasteiger partial charge on any atom is -0.480 e. The molecule has 0 unspecified atom stereocenters. The zero-order chi connectivity index (χ0) is 13.8. The number of likely N-dealkylation sites (N-methyl/N-ethyl adjacent to an activating group) is 1. The lowest BCUT2D eigenvalue weighted by Crippen LogP contribution is -2.32. The number of hydrogen-bond donors (Lipinski definition) is 2. The Morgan fingerprint density at radius 1 is 1.32 bits per heavy atom. The Hall–Kier alpha value is -2.30. The summed E-state index contributed by atoms with van der Waals surface area (Å²) in [6.07, 6.45) is 2.81. The van der Waals surface area contributed by atoms with Gasteiger partial charge in [-0.1, -0.05) is 6.07 Å². The number of benzene rings is 1. The van der Waals surface area contributed by atoms with Gasteiger partial charge in [0.2, 0.25) is 5.91 Å². The predicted octanol–water partition coefficient (Wildman–Crippen LogP) is 1.64. The maximum absolute atomic E-state index is 11.7. The van der Waals surface area contributed by atoms with Gasteiger partial charge in [-0.2, -0.15) is 0 Å². The largest absolute Gasteiger partial charge is 0.480 e. The second-order valence-electron chi connectivity index (χ2n) is 4.54. The summed E-state index contributed by atoms with van der Waals surface area (Å²) in [6.45, 7) is -0.254. The summed E-state index contributed by atoms with van der Waals surface area (Å²) in [5, 5.41) is 9.73. The molecule has 1 amide bonds. The molecule has 0 aliphatic carbocycles. The fourth-order valence-corrected chi connectivity index (χ4v) is 1.99. The molecule has 2 aromatic rings. The molecule has 100 valence electrons. The number of carboxylic acid groups (broad SMARTS) is 1. The molecule has 0 bridgehead atoms. The lowest BCUT2D eigenvalue weighted by Gasteiger charge is -2.14. The molecule has 0 spiro atoms. The Morgan fingerprint density at radius 3 is 2.84 bits per heavy atom. The van der Waals surface area contributed by atoms with E-state index in [4.69, 9.17) is 5.11 Å². The third kappa shape index (κ3) is 3.34. The third-order valence-electron chi connectivity index (χ3n) is 3.04. The first kappa shape index (κ1) is 13.1. The SMILES string of the molecule is CN(CC(=O)O)C(=O)CCc1ccc2[nH]ccc2c1. The molecule has 1 aromatic carbocycles. The van der Waals surface area contributed by atoms with Crippen LogP contribution in [-0.4, -0.2) is 40.5 Å². The van der Waals surface area contributed by atoms with Gasteiger partial charge in [0.05, 0.1) is 0 Å². The van der Waals surface area contributed by atoms with Crippen LogP contribution in [0.2, 0.25) is 0 Å². The molecule has 0 saturated carbocycles. The number of rotatable bonds is 5. The second kappa shape index (κ2) is 5.56. The quantitative estimate of drug-likeness (QED) is 0.858. The lowest BCUT2D eigenvalue weighted by molar-refractivity contribution is -0.143. The Balaban J connectivity index is 1.94. The molecule has 0 radical (unpaired) electrons. The maximum atomic E-state index is 11.7. The molecule has 19 heavy (non-hydrogen) atoms. The van der Waals surface area contributed by atoms with E-state index in [1.807, 2.05) is 30.5 Å². The van der Waals surface area contributed by atoms with Crippen molar-refractivity contribution < 1.29 is 14.7 Å². The number of aliphatic carboxylic acids is 1. The highest BCUT2D eigenvalue weighted by Crippen LogP contribution is 2.15. The molecule has 2 rings (SSSR count). The average Bonchev–Trinajstić information content (AvgIpc) is 2.82. The van der Waals surface area contributed by atoms with Crippen LogP contribution < -0.4 is 0 Å². The Kier molecular flexibility index (Phi) is 3.85. The number of H-pyrrole nitrogens is 1. The molecule has 5 nitrogen and oxygen atoms in total. The Morgan fingerprint density at radius 2 is 2.11 bits per heavy atom. The molecule has 0 atom stereocenters. The van der Waals surface area contributed by atoms with Crippen molar-refractivity contribution in [3.05, 3.63) is 36.0 Å². The monoisotopic (exact) mass is 260 g/mol. The molecule has 2 N–H and O–H groups in total. The van der Waals surface area contributed by atoms with E-state index in [0.29, 0.717) is 12.8 Å². The molecule has 5 heteroatoms. The van der Waals surface area contributed by atoms with Crippen molar-refractivity contribution in [3.8, 4) is 0 Å². The zero-order valence-corrected chi connectivity index (χ0v) is 10.7. The van der Waals surface area contributed by atoms with Crippen molar-refractivity contribution in [2.75, 3.05) is 13.6 Å². The van der Waals surface area contributed by atoms with Gasteiger partial charge in [0.25, 0.3) is 0 Å². The fourth-order valence-electron chi connectivity index (χ4n) is 1.99. The number of hydrogen-bond acceptors (Lipinski definition) is 2. The average molecular weight is 260 g/mol. The summed E-state index contributed by atoms with van der Waals surface area (Å²) in [4.78, 5) is 26.6. The van der Waals surface area contributed by atoms with Crippen LogP contribution in [0.3, 0.4) is 0 Å². The van der Waals surface area contributed by atoms with Gasteiger partial charge >= 0.3 is 5.97 Å². The van der Waals surface area contributed by atoms with Crippen molar-refractivity contribution in [2.45, 2.75) is 12.8 Å². The van der Waals surface area contributed by atoms with Crippen LogP contribution in [0, 0.1) is 0 Å². The molecule has 0 aliphatic heterocycles. The summed E-state index contributed by atoms with van der Waals surface area (Å²) < 4.78 is 0. The van der Waals surface area contributed by atoms with Crippen LogP contribution in [0.5, 0.6) is 0 Å². The van der Waals surface area contributed by atoms with E-state index in [1.54, 1.807) is 0 Å². The van der Waals surface area contributed by atoms with Gasteiger partial charge in [-0.05, 0) is 35.6 Å². The van der Waals surface area contributed by atoms with Crippen LogP contribution in [0.15, 0.2) is 30.5 Å². The number of amides is 1. The highest BCUT2D eigenvalue weighted by molar-refractivity contribution is 5.82. The van der Waals surface area contributed by atoms with E-state index in [0.717, 1.165) is 16.5 Å². The number of carbonyl (C=O) groups is 2. The number of aromatic nitrogens is 1. The topological polar surface area (TPSA) is 73.4 Å². The first-order valence-electron chi connectivity index (χ1n) is 6.08. The molecule has 1 aromatic heterocycles. The summed E-state index contributed by atoms with van der Waals surface area (Å²) in [7, 11) is 1.51. The van der Waals surface area contributed by atoms with E-state index in [1.165, 1.54) is 11.9 Å². The highest BCUT2D eigenvalue weighted by Gasteiger charge is 2.11. The lowest BCUT2D eigenvalue weighted by atomic mass is 10.1. The predicted molar refractivity (Wildman–Crippen MR) is 71.9 cm³/mol. The van der Waals surface area contributed by atoms with Crippen LogP contribution in [-0.2, 0) is 16.0 Å². The molecule has 0 saturated heterocycles. The van der Waals surface area contributed by atoms with Crippen molar-refractivity contribution in [1.29, 1.82) is 0 Å². The van der Waals surface area contributed by atoms with E-state index in [-0.39, 0.29) is 12.5 Å². The van der Waals surface area contributed by atoms with Crippen LogP contribution in [0.1, 0.15) is 12.0 Å². The molecule has 0 fully saturated rings. The number of aromatic amines is 1. The van der Waals surface area contributed by atoms with Crippen molar-refractivity contribution in [2.24, 2.45) is 0 Å². The van der Waals surface area contributed by atoms with Crippen molar-refractivity contribution >= 4 is 22.8 Å². The van der Waals surface area contributed by atoms with E-state index >= 15 is 0 Å². The van der Waals surface area contributed by atoms with Gasteiger partial charge in [-0.25, -0.2) is 0 Å². The van der Waals surface area contributed by atoms with Crippen LogP contribution in [0.4, 0.5) is 0 Å². The summed E-state index contributed by atoms with van der Waals surface area (Å²) >= 11 is 0. The van der Waals surface area contributed by atoms with Crippen molar-refractivity contribution in [3.63, 3.8) is 0 Å². The maximum Gasteiger partial charge on any atom is 0.323 e. The third-order valence-corrected chi connectivity index (χ3v) is 3.04. The molecule has 0 aliphatic rings. The highest BCUT2D eigenvalue weighted by atomic mass is 16.4. The van der Waals surface area contributed by atoms with Gasteiger partial charge < -0.3 is 15.0 Å². The minimum absolute atomic E-state index is 0.156. The van der Waals surface area contributed by atoms with Crippen LogP contribution in [0.25, 0.3) is 10.9 Å². The Labute approximate surface area is 110 Å². The van der Waals surface area contributed by atoms with Crippen LogP contribution >= 0.6 is 0 Å². The summed E-state index contributed by atoms with van der Waals surface area (Å²) in [5.41, 5.74) is 2.14. The van der Waals surface area contributed by atoms with Gasteiger partial charge in [0.1, 0.15) is 6.54 Å². The standard InChI is InChI=1S/C14H16N2O3/c1-16(9-14(18)19)13(17)5-3-10-2-4-12-11(8-10)6-7-15-12/h2,4,6-8,15H,3,5,9H2,1H3,(H,18,19). The van der Waals surface area contributed by atoms with Gasteiger partial charge in [-0.3, -0.25) is 9.59 Å². The van der Waals surface area contributed by atoms with E-state index in [2.05, 4.69) is 4.98 Å². The zero-order valence-electron chi connectivity index (χ0n) is 10.7. The number of fused-ring (bicyclic) bond motifs is 1. The van der Waals surface area contributed by atoms with Crippen molar-refractivity contribution in [1.82, 2.24) is 9.88 Å². The molecule has 1 heterocycles. The second-order valence-corrected chi connectivity index (χ2v) is 4.54. The number of nitrogens with one attached hydrogen (secondary N) is 1. The van der Waals surface area contributed by atoms with E-state index in [9.17, 15) is 9.59 Å². The number of carboxylic acids is 1. The molecular weight excluding hydrogens is 244 g/mol. The molecular formula is C14H16N2O3. The summed E-state index contributed by atoms with van der Waals surface area (Å²) in [5.74, 6) is -1.15. The fraction of sp³-hybridized carbons (Fsp3) is 0.286. The first-order valence-corrected chi connectivity index (χ1v) is 6.08. The van der Waals surface area contributed by atoms with Gasteiger partial charge in [-0.15, -0.1) is 0 Å². The number of nitrogens with zero attached hydrogens (tertiary/aromatic N) is 1. The normalized spacial score (nSPS) is 10.6. The smallest absolute Gasteiger partial charge is 0.323 e. The summed E-state index contributed by atoms with van der Waals surface area (Å²) in [6, 6.07) is 7.98.